The molecule has 0 spiro atoms. The number of rotatable bonds is 14. The van der Waals surface area contributed by atoms with Crippen LogP contribution in [0.3, 0.4) is 0 Å². The van der Waals surface area contributed by atoms with Crippen LogP contribution in [0.5, 0.6) is 5.75 Å². The molecule has 1 atom stereocenters. The summed E-state index contributed by atoms with van der Waals surface area (Å²) in [6.07, 6.45) is 3.08. The van der Waals surface area contributed by atoms with E-state index in [0.717, 1.165) is 40.1 Å². The van der Waals surface area contributed by atoms with Crippen LogP contribution in [0.2, 0.25) is 0 Å². The van der Waals surface area contributed by atoms with Gasteiger partial charge in [-0.25, -0.2) is 8.42 Å². The molecule has 3 rings (SSSR count). The molecule has 0 bridgehead atoms. The molecule has 0 aliphatic heterocycles. The van der Waals surface area contributed by atoms with Crippen LogP contribution in [0, 0.1) is 6.92 Å². The molecule has 214 valence electrons. The summed E-state index contributed by atoms with van der Waals surface area (Å²) in [7, 11) is -2.30. The molecule has 9 heteroatoms. The molecule has 0 aromatic heterocycles. The van der Waals surface area contributed by atoms with E-state index < -0.39 is 28.5 Å². The number of ether oxygens (including phenoxy) is 1. The largest absolute Gasteiger partial charge is 0.497 e. The molecule has 0 radical (unpaired) electrons. The average molecular weight is 566 g/mol. The van der Waals surface area contributed by atoms with Crippen molar-refractivity contribution in [1.82, 2.24) is 10.2 Å². The lowest BCUT2D eigenvalue weighted by Gasteiger charge is -2.33. The van der Waals surface area contributed by atoms with Crippen molar-refractivity contribution in [3.8, 4) is 5.75 Å². The van der Waals surface area contributed by atoms with Gasteiger partial charge in [-0.05, 0) is 48.7 Å². The molecule has 0 fully saturated rings. The van der Waals surface area contributed by atoms with Gasteiger partial charge in [0.1, 0.15) is 18.3 Å². The number of sulfonamides is 1. The van der Waals surface area contributed by atoms with Crippen molar-refractivity contribution in [2.45, 2.75) is 45.7 Å². The van der Waals surface area contributed by atoms with E-state index in [4.69, 9.17) is 4.74 Å². The number of methoxy groups -OCH3 is 1. The zero-order valence-corrected chi connectivity index (χ0v) is 24.5. The first-order valence-electron chi connectivity index (χ1n) is 13.4. The number of hydrogen-bond acceptors (Lipinski definition) is 5. The van der Waals surface area contributed by atoms with Gasteiger partial charge in [-0.1, -0.05) is 73.5 Å². The summed E-state index contributed by atoms with van der Waals surface area (Å²) >= 11 is 0. The van der Waals surface area contributed by atoms with Crippen molar-refractivity contribution in [3.05, 3.63) is 95.6 Å². The summed E-state index contributed by atoms with van der Waals surface area (Å²) in [5.41, 5.74) is 3.14. The van der Waals surface area contributed by atoms with Crippen molar-refractivity contribution in [1.29, 1.82) is 0 Å². The van der Waals surface area contributed by atoms with Gasteiger partial charge in [0.05, 0.1) is 19.1 Å². The highest BCUT2D eigenvalue weighted by atomic mass is 32.2. The SMILES string of the molecule is CCCCNC(=O)C(Cc1ccccc1)N(Cc1ccc(C)cc1)C(=O)CN(c1ccc(OC)cc1)S(C)(=O)=O. The van der Waals surface area contributed by atoms with Crippen LogP contribution in [-0.2, 0) is 32.6 Å². The third kappa shape index (κ3) is 8.84. The monoisotopic (exact) mass is 565 g/mol. The van der Waals surface area contributed by atoms with Gasteiger partial charge in [-0.3, -0.25) is 13.9 Å². The van der Waals surface area contributed by atoms with Crippen molar-refractivity contribution in [2.24, 2.45) is 0 Å². The van der Waals surface area contributed by atoms with Gasteiger partial charge >= 0.3 is 0 Å². The summed E-state index contributed by atoms with van der Waals surface area (Å²) in [5.74, 6) is -0.183. The van der Waals surface area contributed by atoms with Crippen LogP contribution < -0.4 is 14.4 Å². The molecule has 2 amide bonds. The minimum Gasteiger partial charge on any atom is -0.497 e. The van der Waals surface area contributed by atoms with Crippen molar-refractivity contribution in [2.75, 3.05) is 30.8 Å². The number of amides is 2. The third-order valence-electron chi connectivity index (χ3n) is 6.61. The first-order valence-corrected chi connectivity index (χ1v) is 15.3. The minimum absolute atomic E-state index is 0.151. The fraction of sp³-hybridized carbons (Fsp3) is 0.355. The van der Waals surface area contributed by atoms with Gasteiger partial charge in [-0.2, -0.15) is 0 Å². The fourth-order valence-electron chi connectivity index (χ4n) is 4.31. The molecule has 1 N–H and O–H groups in total. The van der Waals surface area contributed by atoms with E-state index in [1.54, 1.807) is 24.3 Å². The Bertz CT molecular complexity index is 1340. The second kappa shape index (κ2) is 14.5. The zero-order valence-electron chi connectivity index (χ0n) is 23.7. The lowest BCUT2D eigenvalue weighted by Crippen LogP contribution is -2.53. The van der Waals surface area contributed by atoms with Gasteiger partial charge in [0.25, 0.3) is 0 Å². The Morgan fingerprint density at radius 3 is 2.15 bits per heavy atom. The number of nitrogens with one attached hydrogen (secondary N) is 1. The molecular formula is C31H39N3O5S. The maximum Gasteiger partial charge on any atom is 0.244 e. The highest BCUT2D eigenvalue weighted by molar-refractivity contribution is 7.92. The summed E-state index contributed by atoms with van der Waals surface area (Å²) in [6.45, 7) is 4.21. The first-order chi connectivity index (χ1) is 19.1. The molecule has 0 aliphatic carbocycles. The van der Waals surface area contributed by atoms with E-state index in [9.17, 15) is 18.0 Å². The Kier molecular flexibility index (Phi) is 11.1. The molecule has 1 unspecified atom stereocenters. The Morgan fingerprint density at radius 1 is 0.925 bits per heavy atom. The van der Waals surface area contributed by atoms with Gasteiger partial charge < -0.3 is 15.0 Å². The fourth-order valence-corrected chi connectivity index (χ4v) is 5.16. The highest BCUT2D eigenvalue weighted by Gasteiger charge is 2.33. The number of benzene rings is 3. The molecule has 0 aliphatic rings. The van der Waals surface area contributed by atoms with E-state index in [1.165, 1.54) is 12.0 Å². The summed E-state index contributed by atoms with van der Waals surface area (Å²) in [6, 6.07) is 22.9. The van der Waals surface area contributed by atoms with Gasteiger partial charge in [-0.15, -0.1) is 0 Å². The molecule has 40 heavy (non-hydrogen) atoms. The van der Waals surface area contributed by atoms with E-state index in [-0.39, 0.29) is 18.9 Å². The smallest absolute Gasteiger partial charge is 0.244 e. The van der Waals surface area contributed by atoms with Crippen LogP contribution >= 0.6 is 0 Å². The number of hydrogen-bond donors (Lipinski definition) is 1. The van der Waals surface area contributed by atoms with E-state index in [0.29, 0.717) is 18.0 Å². The van der Waals surface area contributed by atoms with Crippen LogP contribution in [0.1, 0.15) is 36.5 Å². The molecule has 0 saturated carbocycles. The first kappa shape index (κ1) is 30.7. The Morgan fingerprint density at radius 2 is 1.57 bits per heavy atom. The number of carbonyl (C=O) groups excluding carboxylic acids is 2. The lowest BCUT2D eigenvalue weighted by atomic mass is 10.0. The number of nitrogens with zero attached hydrogens (tertiary/aromatic N) is 2. The van der Waals surface area contributed by atoms with Crippen LogP contribution in [0.4, 0.5) is 5.69 Å². The van der Waals surface area contributed by atoms with Gasteiger partial charge in [0.15, 0.2) is 0 Å². The van der Waals surface area contributed by atoms with E-state index >= 15 is 0 Å². The zero-order chi connectivity index (χ0) is 29.1. The topological polar surface area (TPSA) is 96.0 Å². The Balaban J connectivity index is 2.01. The average Bonchev–Trinajstić information content (AvgIpc) is 2.94. The van der Waals surface area contributed by atoms with Gasteiger partial charge in [0.2, 0.25) is 21.8 Å². The predicted octanol–water partition coefficient (Wildman–Crippen LogP) is 4.33. The summed E-state index contributed by atoms with van der Waals surface area (Å²) in [5, 5.41) is 2.98. The number of anilines is 1. The molecule has 0 heterocycles. The van der Waals surface area contributed by atoms with E-state index in [1.807, 2.05) is 68.4 Å². The summed E-state index contributed by atoms with van der Waals surface area (Å²) in [4.78, 5) is 29.1. The predicted molar refractivity (Wildman–Crippen MR) is 159 cm³/mol. The van der Waals surface area contributed by atoms with Crippen molar-refractivity contribution in [3.63, 3.8) is 0 Å². The standard InChI is InChI=1S/C31H39N3O5S/c1-5-6-20-32-31(36)29(21-25-10-8-7-9-11-25)33(22-26-14-12-24(2)13-15-26)30(35)23-34(40(4,37)38)27-16-18-28(39-3)19-17-27/h7-19,29H,5-6,20-23H2,1-4H3,(H,32,36). The van der Waals surface area contributed by atoms with Crippen LogP contribution in [0.15, 0.2) is 78.9 Å². The van der Waals surface area contributed by atoms with Crippen LogP contribution in [0.25, 0.3) is 0 Å². The van der Waals surface area contributed by atoms with Crippen molar-refractivity contribution >= 4 is 27.5 Å². The number of carbonyl (C=O) groups is 2. The minimum atomic E-state index is -3.82. The second-order valence-electron chi connectivity index (χ2n) is 9.82. The Labute approximate surface area is 238 Å². The number of unbranched alkanes of at least 4 members (excludes halogenated alkanes) is 1. The second-order valence-corrected chi connectivity index (χ2v) is 11.7. The van der Waals surface area contributed by atoms with Crippen molar-refractivity contribution < 1.29 is 22.7 Å². The van der Waals surface area contributed by atoms with Gasteiger partial charge in [0, 0.05) is 19.5 Å². The third-order valence-corrected chi connectivity index (χ3v) is 7.75. The lowest BCUT2D eigenvalue weighted by molar-refractivity contribution is -0.140. The van der Waals surface area contributed by atoms with E-state index in [2.05, 4.69) is 5.32 Å². The maximum atomic E-state index is 14.0. The quantitative estimate of drug-likeness (QED) is 0.294. The molecule has 3 aromatic carbocycles. The molecule has 8 nitrogen and oxygen atoms in total. The molecular weight excluding hydrogens is 526 g/mol. The summed E-state index contributed by atoms with van der Waals surface area (Å²) < 4.78 is 32.0. The maximum absolute atomic E-state index is 14.0. The molecule has 3 aromatic rings. The normalized spacial score (nSPS) is 11.9. The number of aryl methyl sites for hydroxylation is 1. The molecule has 0 saturated heterocycles. The highest BCUT2D eigenvalue weighted by Crippen LogP contribution is 2.23. The Hall–Kier alpha value is -3.85. The van der Waals surface area contributed by atoms with Crippen LogP contribution in [-0.4, -0.2) is 57.6 Å².